The minimum atomic E-state index is 0.421. The van der Waals surface area contributed by atoms with Crippen LogP contribution in [0.15, 0.2) is 224 Å². The predicted molar refractivity (Wildman–Crippen MR) is 308 cm³/mol. The summed E-state index contributed by atoms with van der Waals surface area (Å²) in [5.41, 5.74) is 15.4. The van der Waals surface area contributed by atoms with E-state index in [9.17, 15) is 0 Å². The van der Waals surface area contributed by atoms with Crippen LogP contribution in [-0.4, -0.2) is 0 Å². The topological polar surface area (TPSA) is 59.0 Å². The maximum Gasteiger partial charge on any atom is 0.159 e. The largest absolute Gasteiger partial charge is 0.456 e. The molecule has 11 aromatic carbocycles. The van der Waals surface area contributed by atoms with Gasteiger partial charge in [-0.25, -0.2) is 0 Å². The monoisotopic (exact) mass is 956 g/mol. The highest BCUT2D eigenvalue weighted by Gasteiger charge is 2.24. The van der Waals surface area contributed by atoms with Gasteiger partial charge in [0, 0.05) is 65.8 Å². The van der Waals surface area contributed by atoms with Crippen molar-refractivity contribution in [1.29, 1.82) is 0 Å². The average molecular weight is 957 g/mol. The molecule has 354 valence electrons. The summed E-state index contributed by atoms with van der Waals surface area (Å²) in [4.78, 5) is 4.63. The normalized spacial score (nSPS) is 12.3. The molecule has 0 amide bonds. The quantitative estimate of drug-likeness (QED) is 0.151. The fourth-order valence-electron chi connectivity index (χ4n) is 11.6. The molecule has 0 aliphatic carbocycles. The van der Waals surface area contributed by atoms with Gasteiger partial charge >= 0.3 is 0 Å². The highest BCUT2D eigenvalue weighted by Crippen LogP contribution is 2.47. The standard InChI is InChI=1S/C68H48N2O4/c1-39(2)41-19-25-47(26-20-41)69(57-15-9-13-53-51-11-5-7-17-59(51)73-67(53)57)49-29-23-43-35-55-63(37-45(43)33-49)71-61-31-32-62-66(65(55)61)56-36-44-24-30-50(34-46(44)38-64(56)72-62)70(48-27-21-42(22-28-48)40(3)4)58-16-10-14-54-52-12-6-8-18-60(52)74-68(54)58/h5-40H,1-4H3. The molecular formula is C68H48N2O4. The van der Waals surface area contributed by atoms with Crippen molar-refractivity contribution in [2.45, 2.75) is 39.5 Å². The van der Waals surface area contributed by atoms with E-state index < -0.39 is 0 Å². The molecule has 0 radical (unpaired) electrons. The lowest BCUT2D eigenvalue weighted by Gasteiger charge is -2.26. The van der Waals surface area contributed by atoms with Crippen molar-refractivity contribution in [3.63, 3.8) is 0 Å². The van der Waals surface area contributed by atoms with Crippen molar-refractivity contribution >= 4 is 143 Å². The van der Waals surface area contributed by atoms with Crippen LogP contribution in [0.3, 0.4) is 0 Å². The summed E-state index contributed by atoms with van der Waals surface area (Å²) in [6.07, 6.45) is 0. The second-order valence-electron chi connectivity index (χ2n) is 20.4. The number of nitrogens with zero attached hydrogens (tertiary/aromatic N) is 2. The van der Waals surface area contributed by atoms with Crippen molar-refractivity contribution in [3.8, 4) is 0 Å². The summed E-state index contributed by atoms with van der Waals surface area (Å²) < 4.78 is 26.8. The van der Waals surface area contributed by atoms with Crippen molar-refractivity contribution in [3.05, 3.63) is 217 Å². The molecule has 15 aromatic rings. The van der Waals surface area contributed by atoms with E-state index in [0.717, 1.165) is 143 Å². The van der Waals surface area contributed by atoms with E-state index in [1.165, 1.54) is 11.1 Å². The molecule has 4 heterocycles. The van der Waals surface area contributed by atoms with Gasteiger partial charge in [-0.15, -0.1) is 0 Å². The summed E-state index contributed by atoms with van der Waals surface area (Å²) >= 11 is 0. The van der Waals surface area contributed by atoms with Gasteiger partial charge < -0.3 is 27.5 Å². The van der Waals surface area contributed by atoms with Gasteiger partial charge in [0.1, 0.15) is 33.5 Å². The lowest BCUT2D eigenvalue weighted by Crippen LogP contribution is -2.10. The van der Waals surface area contributed by atoms with Crippen LogP contribution in [0.1, 0.15) is 50.7 Å². The molecule has 15 rings (SSSR count). The molecule has 0 N–H and O–H groups in total. The van der Waals surface area contributed by atoms with Crippen molar-refractivity contribution in [2.24, 2.45) is 0 Å². The van der Waals surface area contributed by atoms with E-state index in [2.05, 4.69) is 207 Å². The predicted octanol–water partition coefficient (Wildman–Crippen LogP) is 20.8. The van der Waals surface area contributed by atoms with Crippen LogP contribution in [0.2, 0.25) is 0 Å². The lowest BCUT2D eigenvalue weighted by molar-refractivity contribution is 0.663. The molecule has 0 bridgehead atoms. The third-order valence-electron chi connectivity index (χ3n) is 15.4. The number of rotatable bonds is 8. The van der Waals surface area contributed by atoms with Gasteiger partial charge in [-0.1, -0.05) is 125 Å². The first-order chi connectivity index (χ1) is 36.3. The van der Waals surface area contributed by atoms with E-state index in [1.807, 2.05) is 36.4 Å². The molecule has 0 saturated heterocycles. The van der Waals surface area contributed by atoms with Gasteiger partial charge in [0.2, 0.25) is 0 Å². The van der Waals surface area contributed by atoms with Crippen LogP contribution in [0.4, 0.5) is 34.1 Å². The van der Waals surface area contributed by atoms with Crippen molar-refractivity contribution in [1.82, 2.24) is 0 Å². The number of benzene rings is 11. The summed E-state index contributed by atoms with van der Waals surface area (Å²) in [5, 5.41) is 13.0. The SMILES string of the molecule is CC(C)c1ccc(N(c2ccc3cc4c(cc3c2)oc2ccc3oc5cc6cc(N(c7ccc(C(C)C)cc7)c7cccc8c7oc7ccccc78)ccc6cc5c3c24)c2cccc3c2oc2ccccc23)cc1. The smallest absolute Gasteiger partial charge is 0.159 e. The second kappa shape index (κ2) is 16.1. The molecule has 0 saturated carbocycles. The van der Waals surface area contributed by atoms with Crippen LogP contribution < -0.4 is 9.80 Å². The molecule has 0 atom stereocenters. The first-order valence-electron chi connectivity index (χ1n) is 25.6. The van der Waals surface area contributed by atoms with E-state index in [0.29, 0.717) is 11.8 Å². The Balaban J connectivity index is 0.861. The first-order valence-corrected chi connectivity index (χ1v) is 25.6. The summed E-state index contributed by atoms with van der Waals surface area (Å²) in [6.45, 7) is 8.93. The van der Waals surface area contributed by atoms with Crippen LogP contribution in [0.25, 0.3) is 109 Å². The van der Waals surface area contributed by atoms with Crippen LogP contribution in [0.5, 0.6) is 0 Å². The Morgan fingerprint density at radius 1 is 0.284 bits per heavy atom. The average Bonchev–Trinajstić information content (AvgIpc) is 4.24. The Hall–Kier alpha value is -9.26. The number of fused-ring (bicyclic) bond motifs is 15. The molecule has 0 aliphatic rings. The summed E-state index contributed by atoms with van der Waals surface area (Å²) in [5.74, 6) is 0.842. The molecule has 6 heteroatoms. The molecule has 0 spiro atoms. The third kappa shape index (κ3) is 6.51. The highest BCUT2D eigenvalue weighted by molar-refractivity contribution is 6.28. The number of anilines is 6. The van der Waals surface area contributed by atoms with Crippen LogP contribution in [0, 0.1) is 0 Å². The number of hydrogen-bond donors (Lipinski definition) is 0. The third-order valence-corrected chi connectivity index (χ3v) is 15.4. The van der Waals surface area contributed by atoms with Crippen molar-refractivity contribution < 1.29 is 17.7 Å². The summed E-state index contributed by atoms with van der Waals surface area (Å²) in [7, 11) is 0. The lowest BCUT2D eigenvalue weighted by atomic mass is 10.00. The van der Waals surface area contributed by atoms with Gasteiger partial charge in [0.05, 0.1) is 11.4 Å². The minimum absolute atomic E-state index is 0.421. The Morgan fingerprint density at radius 3 is 1.12 bits per heavy atom. The van der Waals surface area contributed by atoms with Gasteiger partial charge in [0.15, 0.2) is 11.2 Å². The van der Waals surface area contributed by atoms with E-state index in [4.69, 9.17) is 17.7 Å². The fraction of sp³-hybridized carbons (Fsp3) is 0.0882. The highest BCUT2D eigenvalue weighted by atomic mass is 16.3. The molecule has 6 nitrogen and oxygen atoms in total. The van der Waals surface area contributed by atoms with E-state index in [1.54, 1.807) is 0 Å². The van der Waals surface area contributed by atoms with Gasteiger partial charge in [-0.3, -0.25) is 0 Å². The number of furan rings is 4. The van der Waals surface area contributed by atoms with Gasteiger partial charge in [-0.05, 0) is 154 Å². The Morgan fingerprint density at radius 2 is 0.689 bits per heavy atom. The summed E-state index contributed by atoms with van der Waals surface area (Å²) in [6, 6.07) is 73.7. The maximum absolute atomic E-state index is 6.78. The van der Waals surface area contributed by atoms with E-state index >= 15 is 0 Å². The second-order valence-corrected chi connectivity index (χ2v) is 20.4. The zero-order valence-corrected chi connectivity index (χ0v) is 41.3. The van der Waals surface area contributed by atoms with E-state index in [-0.39, 0.29) is 0 Å². The molecule has 4 aromatic heterocycles. The molecule has 0 unspecified atom stereocenters. The Kier molecular flexibility index (Phi) is 9.24. The maximum atomic E-state index is 6.78. The number of para-hydroxylation sites is 4. The first kappa shape index (κ1) is 42.4. The molecule has 0 aliphatic heterocycles. The van der Waals surface area contributed by atoms with Crippen LogP contribution in [-0.2, 0) is 0 Å². The zero-order valence-electron chi connectivity index (χ0n) is 41.3. The van der Waals surface area contributed by atoms with Gasteiger partial charge in [-0.2, -0.15) is 0 Å². The Labute approximate surface area is 425 Å². The van der Waals surface area contributed by atoms with Crippen molar-refractivity contribution in [2.75, 3.05) is 9.80 Å². The minimum Gasteiger partial charge on any atom is -0.456 e. The Bertz CT molecular complexity index is 4440. The van der Waals surface area contributed by atoms with Crippen LogP contribution >= 0.6 is 0 Å². The molecule has 0 fully saturated rings. The molecule has 74 heavy (non-hydrogen) atoms. The number of hydrogen-bond acceptors (Lipinski definition) is 6. The molecular weight excluding hydrogens is 909 g/mol. The fourth-order valence-corrected chi connectivity index (χ4v) is 11.6. The zero-order chi connectivity index (χ0) is 49.3. The van der Waals surface area contributed by atoms with Gasteiger partial charge in [0.25, 0.3) is 0 Å².